The van der Waals surface area contributed by atoms with Gasteiger partial charge in [-0.05, 0) is 12.1 Å². The van der Waals surface area contributed by atoms with Crippen LogP contribution in [-0.4, -0.2) is 59.0 Å². The van der Waals surface area contributed by atoms with Gasteiger partial charge in [-0.2, -0.15) is 0 Å². The molecule has 1 fully saturated rings. The molecule has 28 heavy (non-hydrogen) atoms. The SMILES string of the molecule is COc1ccc([N+](=O)[O-])cc1CN=C(N)N1CCN(c2ncccn2)CC1.I. The number of rotatable bonds is 5. The van der Waals surface area contributed by atoms with Gasteiger partial charge in [0.2, 0.25) is 5.95 Å². The maximum atomic E-state index is 11.0. The first kappa shape index (κ1) is 21.6. The fourth-order valence-corrected chi connectivity index (χ4v) is 2.86. The second-order valence-corrected chi connectivity index (χ2v) is 5.95. The second kappa shape index (κ2) is 10.0. The maximum absolute atomic E-state index is 11.0. The van der Waals surface area contributed by atoms with E-state index in [0.717, 1.165) is 13.1 Å². The van der Waals surface area contributed by atoms with Crippen molar-refractivity contribution in [1.29, 1.82) is 0 Å². The Hall–Kier alpha value is -2.70. The number of hydrogen-bond donors (Lipinski definition) is 1. The molecule has 0 aliphatic carbocycles. The average Bonchev–Trinajstić information content (AvgIpc) is 2.72. The van der Waals surface area contributed by atoms with Gasteiger partial charge in [-0.15, -0.1) is 24.0 Å². The molecule has 1 aromatic heterocycles. The Labute approximate surface area is 179 Å². The molecule has 0 saturated carbocycles. The summed E-state index contributed by atoms with van der Waals surface area (Å²) in [6, 6.07) is 6.21. The van der Waals surface area contributed by atoms with Crippen molar-refractivity contribution in [2.75, 3.05) is 38.2 Å². The summed E-state index contributed by atoms with van der Waals surface area (Å²) in [7, 11) is 1.52. The molecule has 0 radical (unpaired) electrons. The quantitative estimate of drug-likeness (QED) is 0.217. The van der Waals surface area contributed by atoms with Crippen molar-refractivity contribution in [2.24, 2.45) is 10.7 Å². The molecule has 2 aromatic rings. The summed E-state index contributed by atoms with van der Waals surface area (Å²) in [5.74, 6) is 1.65. The highest BCUT2D eigenvalue weighted by Crippen LogP contribution is 2.24. The number of ether oxygens (including phenoxy) is 1. The fourth-order valence-electron chi connectivity index (χ4n) is 2.86. The predicted octanol–water partition coefficient (Wildman–Crippen LogP) is 1.65. The van der Waals surface area contributed by atoms with E-state index in [2.05, 4.69) is 19.9 Å². The number of nitro benzene ring substituents is 1. The Bertz CT molecular complexity index is 827. The van der Waals surface area contributed by atoms with Crippen molar-refractivity contribution in [1.82, 2.24) is 14.9 Å². The molecule has 0 bridgehead atoms. The number of methoxy groups -OCH3 is 1. The highest BCUT2D eigenvalue weighted by atomic mass is 127. The number of nitrogens with two attached hydrogens (primary N) is 1. The molecule has 0 unspecified atom stereocenters. The highest BCUT2D eigenvalue weighted by molar-refractivity contribution is 14.0. The van der Waals surface area contributed by atoms with E-state index in [9.17, 15) is 10.1 Å². The van der Waals surface area contributed by atoms with Crippen molar-refractivity contribution in [3.63, 3.8) is 0 Å². The number of aromatic nitrogens is 2. The van der Waals surface area contributed by atoms with Gasteiger partial charge in [-0.3, -0.25) is 10.1 Å². The van der Waals surface area contributed by atoms with Crippen molar-refractivity contribution in [3.05, 3.63) is 52.3 Å². The molecule has 2 N–H and O–H groups in total. The summed E-state index contributed by atoms with van der Waals surface area (Å²) in [6.45, 7) is 3.07. The summed E-state index contributed by atoms with van der Waals surface area (Å²) in [4.78, 5) is 27.5. The van der Waals surface area contributed by atoms with Crippen LogP contribution in [-0.2, 0) is 6.54 Å². The van der Waals surface area contributed by atoms with Gasteiger partial charge < -0.3 is 20.3 Å². The number of piperazine rings is 1. The van der Waals surface area contributed by atoms with Gasteiger partial charge in [-0.25, -0.2) is 15.0 Å². The summed E-state index contributed by atoms with van der Waals surface area (Å²) in [6.07, 6.45) is 3.44. The largest absolute Gasteiger partial charge is 0.496 e. The molecule has 2 heterocycles. The lowest BCUT2D eigenvalue weighted by Crippen LogP contribution is -2.51. The number of hydrogen-bond acceptors (Lipinski definition) is 7. The van der Waals surface area contributed by atoms with Crippen molar-refractivity contribution in [3.8, 4) is 5.75 Å². The number of aliphatic imine (C=N–C) groups is 1. The monoisotopic (exact) mass is 499 g/mol. The van der Waals surface area contributed by atoms with Crippen molar-refractivity contribution in [2.45, 2.75) is 6.54 Å². The van der Waals surface area contributed by atoms with E-state index < -0.39 is 4.92 Å². The van der Waals surface area contributed by atoms with Gasteiger partial charge in [-0.1, -0.05) is 0 Å². The number of non-ortho nitro benzene ring substituents is 1. The first-order chi connectivity index (χ1) is 13.1. The number of anilines is 1. The van der Waals surface area contributed by atoms with Gasteiger partial charge >= 0.3 is 0 Å². The van der Waals surface area contributed by atoms with E-state index in [1.54, 1.807) is 24.5 Å². The Morgan fingerprint density at radius 3 is 2.57 bits per heavy atom. The Balaban J connectivity index is 0.00000280. The van der Waals surface area contributed by atoms with E-state index in [4.69, 9.17) is 10.5 Å². The smallest absolute Gasteiger partial charge is 0.270 e. The molecule has 0 amide bonds. The normalized spacial score (nSPS) is 14.4. The average molecular weight is 499 g/mol. The van der Waals surface area contributed by atoms with Crippen LogP contribution < -0.4 is 15.4 Å². The fraction of sp³-hybridized carbons (Fsp3) is 0.353. The van der Waals surface area contributed by atoms with Gasteiger partial charge in [0.05, 0.1) is 18.6 Å². The first-order valence-electron chi connectivity index (χ1n) is 8.46. The molecule has 1 saturated heterocycles. The van der Waals surface area contributed by atoms with E-state index in [0.29, 0.717) is 36.3 Å². The molecule has 11 heteroatoms. The number of nitro groups is 1. The molecule has 3 rings (SSSR count). The molecule has 1 aliphatic heterocycles. The van der Waals surface area contributed by atoms with Crippen LogP contribution in [0.25, 0.3) is 0 Å². The zero-order valence-electron chi connectivity index (χ0n) is 15.4. The third kappa shape index (κ3) is 5.18. The molecule has 0 atom stereocenters. The zero-order valence-corrected chi connectivity index (χ0v) is 17.7. The van der Waals surface area contributed by atoms with E-state index in [1.807, 2.05) is 4.90 Å². The van der Waals surface area contributed by atoms with Crippen LogP contribution >= 0.6 is 24.0 Å². The molecule has 150 valence electrons. The Morgan fingerprint density at radius 1 is 1.29 bits per heavy atom. The summed E-state index contributed by atoms with van der Waals surface area (Å²) in [5.41, 5.74) is 6.73. The topological polar surface area (TPSA) is 123 Å². The minimum absolute atomic E-state index is 0. The molecule has 1 aromatic carbocycles. The first-order valence-corrected chi connectivity index (χ1v) is 8.46. The van der Waals surface area contributed by atoms with Crippen LogP contribution in [0.1, 0.15) is 5.56 Å². The molecule has 1 aliphatic rings. The highest BCUT2D eigenvalue weighted by Gasteiger charge is 2.20. The number of benzene rings is 1. The van der Waals surface area contributed by atoms with E-state index in [1.165, 1.54) is 19.2 Å². The zero-order chi connectivity index (χ0) is 19.2. The Kier molecular flexibility index (Phi) is 7.72. The summed E-state index contributed by atoms with van der Waals surface area (Å²) in [5, 5.41) is 11.0. The standard InChI is InChI=1S/C17H21N7O3.HI/c1-27-15-4-3-14(24(25)26)11-13(15)12-21-16(18)22-7-9-23(10-8-22)17-19-5-2-6-20-17;/h2-6,11H,7-10,12H2,1H3,(H2,18,21);1H. The van der Waals surface area contributed by atoms with Crippen LogP contribution in [0, 0.1) is 10.1 Å². The summed E-state index contributed by atoms with van der Waals surface area (Å²) < 4.78 is 5.25. The van der Waals surface area contributed by atoms with Gasteiger partial charge in [0, 0.05) is 56.3 Å². The molecular formula is C17H22IN7O3. The third-order valence-corrected chi connectivity index (χ3v) is 4.32. The number of halogens is 1. The van der Waals surface area contributed by atoms with E-state index >= 15 is 0 Å². The number of guanidine groups is 1. The Morgan fingerprint density at radius 2 is 1.96 bits per heavy atom. The third-order valence-electron chi connectivity index (χ3n) is 4.32. The minimum Gasteiger partial charge on any atom is -0.496 e. The van der Waals surface area contributed by atoms with Crippen LogP contribution in [0.15, 0.2) is 41.7 Å². The van der Waals surface area contributed by atoms with Crippen molar-refractivity contribution >= 4 is 41.6 Å². The number of nitrogens with zero attached hydrogens (tertiary/aromatic N) is 6. The summed E-state index contributed by atoms with van der Waals surface area (Å²) >= 11 is 0. The lowest BCUT2D eigenvalue weighted by Gasteiger charge is -2.35. The minimum atomic E-state index is -0.444. The van der Waals surface area contributed by atoms with Crippen LogP contribution in [0.4, 0.5) is 11.6 Å². The van der Waals surface area contributed by atoms with Crippen molar-refractivity contribution < 1.29 is 9.66 Å². The van der Waals surface area contributed by atoms with Crippen LogP contribution in [0.3, 0.4) is 0 Å². The molecular weight excluding hydrogens is 477 g/mol. The molecule has 10 nitrogen and oxygen atoms in total. The van der Waals surface area contributed by atoms with Gasteiger partial charge in [0.25, 0.3) is 5.69 Å². The lowest BCUT2D eigenvalue weighted by molar-refractivity contribution is -0.384. The van der Waals surface area contributed by atoms with Gasteiger partial charge in [0.15, 0.2) is 5.96 Å². The predicted molar refractivity (Wildman–Crippen MR) is 116 cm³/mol. The molecule has 0 spiro atoms. The van der Waals surface area contributed by atoms with Crippen LogP contribution in [0.2, 0.25) is 0 Å². The van der Waals surface area contributed by atoms with Gasteiger partial charge in [0.1, 0.15) is 5.75 Å². The lowest BCUT2D eigenvalue weighted by atomic mass is 10.2. The maximum Gasteiger partial charge on any atom is 0.270 e. The second-order valence-electron chi connectivity index (χ2n) is 5.95. The van der Waals surface area contributed by atoms with Crippen LogP contribution in [0.5, 0.6) is 5.75 Å². The van der Waals surface area contributed by atoms with E-state index in [-0.39, 0.29) is 36.2 Å².